The molecular weight excluding hydrogens is 710 g/mol. The Hall–Kier alpha value is -5.44. The number of benzene rings is 4. The number of aliphatic hydroxyl groups is 3. The normalized spacial score (nSPS) is 25.2. The Morgan fingerprint density at radius 2 is 1.56 bits per heavy atom. The summed E-state index contributed by atoms with van der Waals surface area (Å²) in [5, 5.41) is 46.8. The molecule has 0 saturated carbocycles. The number of carbonyl (C=O) groups is 4. The van der Waals surface area contributed by atoms with Crippen molar-refractivity contribution in [2.24, 2.45) is 0 Å². The molecule has 5 N–H and O–H groups in total. The van der Waals surface area contributed by atoms with E-state index in [-0.39, 0.29) is 58.1 Å². The second-order valence-corrected chi connectivity index (χ2v) is 14.4. The molecule has 0 spiro atoms. The monoisotopic (exact) mass is 749 g/mol. The van der Waals surface area contributed by atoms with E-state index in [0.29, 0.717) is 0 Å². The van der Waals surface area contributed by atoms with E-state index < -0.39 is 84.9 Å². The second-order valence-electron chi connectivity index (χ2n) is 14.4. The van der Waals surface area contributed by atoms with E-state index in [9.17, 15) is 39.6 Å². The van der Waals surface area contributed by atoms with Gasteiger partial charge in [0.05, 0.1) is 36.5 Å². The maximum absolute atomic E-state index is 13.9. The lowest BCUT2D eigenvalue weighted by atomic mass is 9.72. The van der Waals surface area contributed by atoms with Gasteiger partial charge < -0.3 is 44.7 Å². The van der Waals surface area contributed by atoms with E-state index in [2.05, 4.69) is 5.32 Å². The highest BCUT2D eigenvalue weighted by Crippen LogP contribution is 2.48. The lowest BCUT2D eigenvalue weighted by Gasteiger charge is -2.42. The van der Waals surface area contributed by atoms with Gasteiger partial charge >= 0.3 is 6.09 Å². The number of methoxy groups -OCH3 is 1. The number of ether oxygens (including phenoxy) is 4. The van der Waals surface area contributed by atoms with Crippen LogP contribution in [0.15, 0.2) is 72.8 Å². The van der Waals surface area contributed by atoms with E-state index in [4.69, 9.17) is 18.9 Å². The Morgan fingerprint density at radius 3 is 2.24 bits per heavy atom. The van der Waals surface area contributed by atoms with Gasteiger partial charge in [0.15, 0.2) is 23.6 Å². The van der Waals surface area contributed by atoms with Gasteiger partial charge in [0.25, 0.3) is 0 Å². The summed E-state index contributed by atoms with van der Waals surface area (Å²) >= 11 is 0. The minimum Gasteiger partial charge on any atom is -0.507 e. The van der Waals surface area contributed by atoms with Crippen molar-refractivity contribution >= 4 is 23.4 Å². The number of alkyl carbamates (subject to hydrolysis) is 1. The third-order valence-corrected chi connectivity index (χ3v) is 11.3. The third-order valence-electron chi connectivity index (χ3n) is 11.3. The Balaban J connectivity index is 1.05. The zero-order chi connectivity index (χ0) is 38.8. The highest BCUT2D eigenvalue weighted by molar-refractivity contribution is 6.30. The summed E-state index contributed by atoms with van der Waals surface area (Å²) in [6, 6.07) is 20.9. The predicted octanol–water partition coefficient (Wildman–Crippen LogP) is 3.88. The molecule has 6 atom stereocenters. The van der Waals surface area contributed by atoms with Crippen molar-refractivity contribution < 1.29 is 58.6 Å². The molecule has 0 aromatic heterocycles. The molecule has 1 amide bonds. The molecule has 3 aliphatic carbocycles. The first-order chi connectivity index (χ1) is 26.4. The molecule has 4 unspecified atom stereocenters. The lowest BCUT2D eigenvalue weighted by Crippen LogP contribution is -2.56. The standard InChI is InChI=1S/C42H39NO12/c1-20-37(46)30(43-41(50)53-19-29-23-10-5-3-8-21(23)22-9-4-6-11-24(22)29)15-34(54-20)55-32-17-42(51,33(45)18-44)16-28-26(32)14-27-36(40(28)49)38(47)25-12-7-13-31(52-2)35(25)39(27)48/h3-14,20,29-30,32,34,37,44,46,49,51H,15-19H2,1-2H3,(H,43,50)/t20?,30?,32-,34?,37?,42-/m0/s1. The number of nitrogens with one attached hydrogen (secondary N) is 1. The van der Waals surface area contributed by atoms with Crippen molar-refractivity contribution in [3.8, 4) is 22.6 Å². The zero-order valence-corrected chi connectivity index (χ0v) is 30.0. The fourth-order valence-electron chi connectivity index (χ4n) is 8.52. The molecule has 55 heavy (non-hydrogen) atoms. The first kappa shape index (κ1) is 36.5. The van der Waals surface area contributed by atoms with Gasteiger partial charge in [-0.25, -0.2) is 4.79 Å². The summed E-state index contributed by atoms with van der Waals surface area (Å²) in [5.74, 6) is -2.77. The summed E-state index contributed by atoms with van der Waals surface area (Å²) < 4.78 is 23.4. The van der Waals surface area contributed by atoms with Crippen LogP contribution in [0.2, 0.25) is 0 Å². The van der Waals surface area contributed by atoms with Gasteiger partial charge in [-0.15, -0.1) is 0 Å². The number of rotatable bonds is 8. The SMILES string of the molecule is COc1cccc2c1C(=O)c1cc3c(c(O)c1C2=O)C[C@@](O)(C(=O)CO)C[C@@H]3OC1CC(NC(=O)OCC2c3ccccc3-c3ccccc32)C(O)C(C)O1. The third kappa shape index (κ3) is 6.08. The van der Waals surface area contributed by atoms with Gasteiger partial charge in [0.2, 0.25) is 0 Å². The largest absolute Gasteiger partial charge is 0.507 e. The minimum absolute atomic E-state index is 0.0102. The molecule has 284 valence electrons. The number of carbonyl (C=O) groups excluding carboxylic acids is 4. The number of Topliss-reactive ketones (excluding diaryl/α,β-unsaturated/α-hetero) is 1. The number of phenolic OH excluding ortho intramolecular Hbond substituents is 1. The van der Waals surface area contributed by atoms with Crippen LogP contribution >= 0.6 is 0 Å². The molecule has 1 aliphatic heterocycles. The highest BCUT2D eigenvalue weighted by atomic mass is 16.7. The van der Waals surface area contributed by atoms with E-state index in [0.717, 1.165) is 22.3 Å². The van der Waals surface area contributed by atoms with Gasteiger partial charge in [-0.1, -0.05) is 60.7 Å². The number of amides is 1. The van der Waals surface area contributed by atoms with E-state index in [1.54, 1.807) is 19.1 Å². The van der Waals surface area contributed by atoms with Gasteiger partial charge in [-0.3, -0.25) is 14.4 Å². The van der Waals surface area contributed by atoms with Crippen LogP contribution in [-0.2, 0) is 25.4 Å². The van der Waals surface area contributed by atoms with Crippen LogP contribution in [0.4, 0.5) is 4.79 Å². The predicted molar refractivity (Wildman–Crippen MR) is 194 cm³/mol. The molecule has 4 aromatic carbocycles. The molecule has 13 nitrogen and oxygen atoms in total. The molecule has 1 saturated heterocycles. The Kier molecular flexibility index (Phi) is 9.30. The average molecular weight is 750 g/mol. The van der Waals surface area contributed by atoms with Crippen LogP contribution in [0.3, 0.4) is 0 Å². The van der Waals surface area contributed by atoms with E-state index in [1.165, 1.54) is 19.2 Å². The van der Waals surface area contributed by atoms with Crippen LogP contribution in [-0.4, -0.2) is 94.3 Å². The summed E-state index contributed by atoms with van der Waals surface area (Å²) in [5.41, 5.74) is 1.86. The lowest BCUT2D eigenvalue weighted by molar-refractivity contribution is -0.249. The minimum atomic E-state index is -2.22. The Morgan fingerprint density at radius 1 is 0.909 bits per heavy atom. The Bertz CT molecular complexity index is 2210. The number of hydrogen-bond donors (Lipinski definition) is 5. The summed E-state index contributed by atoms with van der Waals surface area (Å²) in [7, 11) is 1.37. The van der Waals surface area contributed by atoms with Crippen molar-refractivity contribution in [3.63, 3.8) is 0 Å². The number of aliphatic hydroxyl groups excluding tert-OH is 2. The fourth-order valence-corrected chi connectivity index (χ4v) is 8.52. The topological polar surface area (TPSA) is 198 Å². The molecule has 0 bridgehead atoms. The number of phenols is 1. The molecule has 8 rings (SSSR count). The van der Waals surface area contributed by atoms with Gasteiger partial charge in [-0.05, 0) is 46.9 Å². The molecule has 4 aromatic rings. The van der Waals surface area contributed by atoms with Crippen molar-refractivity contribution in [2.45, 2.75) is 68.3 Å². The van der Waals surface area contributed by atoms with Gasteiger partial charge in [0.1, 0.15) is 36.4 Å². The van der Waals surface area contributed by atoms with Crippen LogP contribution in [0.1, 0.15) is 85.9 Å². The highest BCUT2D eigenvalue weighted by Gasteiger charge is 2.48. The van der Waals surface area contributed by atoms with Crippen molar-refractivity contribution in [1.82, 2.24) is 5.32 Å². The van der Waals surface area contributed by atoms with Crippen molar-refractivity contribution in [2.75, 3.05) is 20.3 Å². The molecule has 4 aliphatic rings. The molecule has 1 heterocycles. The smallest absolute Gasteiger partial charge is 0.407 e. The first-order valence-corrected chi connectivity index (χ1v) is 18.1. The first-order valence-electron chi connectivity index (χ1n) is 18.1. The molecular formula is C42H39NO12. The van der Waals surface area contributed by atoms with Crippen LogP contribution < -0.4 is 10.1 Å². The summed E-state index contributed by atoms with van der Waals surface area (Å²) in [4.78, 5) is 53.8. The van der Waals surface area contributed by atoms with Crippen molar-refractivity contribution in [1.29, 1.82) is 0 Å². The van der Waals surface area contributed by atoms with Crippen LogP contribution in [0, 0.1) is 0 Å². The molecule has 0 radical (unpaired) electrons. The van der Waals surface area contributed by atoms with Crippen LogP contribution in [0.5, 0.6) is 11.5 Å². The summed E-state index contributed by atoms with van der Waals surface area (Å²) in [6.45, 7) is 0.630. The van der Waals surface area contributed by atoms with E-state index in [1.807, 2.05) is 48.5 Å². The summed E-state index contributed by atoms with van der Waals surface area (Å²) in [6.07, 6.45) is -6.11. The quantitative estimate of drug-likeness (QED) is 0.154. The zero-order valence-electron chi connectivity index (χ0n) is 30.0. The number of fused-ring (bicyclic) bond motifs is 6. The number of aromatic hydroxyl groups is 1. The van der Waals surface area contributed by atoms with Crippen LogP contribution in [0.25, 0.3) is 11.1 Å². The number of ketones is 3. The maximum atomic E-state index is 13.9. The Labute approximate surface area is 315 Å². The van der Waals surface area contributed by atoms with Crippen molar-refractivity contribution in [3.05, 3.63) is 117 Å². The van der Waals surface area contributed by atoms with Gasteiger partial charge in [-0.2, -0.15) is 0 Å². The maximum Gasteiger partial charge on any atom is 0.407 e. The average Bonchev–Trinajstić information content (AvgIpc) is 3.51. The molecule has 1 fully saturated rings. The number of hydrogen-bond acceptors (Lipinski definition) is 12. The molecule has 13 heteroatoms. The van der Waals surface area contributed by atoms with E-state index >= 15 is 0 Å². The van der Waals surface area contributed by atoms with Gasteiger partial charge in [0, 0.05) is 41.9 Å². The second kappa shape index (κ2) is 14.0. The fraction of sp³-hybridized carbons (Fsp3) is 0.333.